The number of carbonyl (C=O) groups is 2. The maximum absolute atomic E-state index is 12.4. The first kappa shape index (κ1) is 43.2. The molecule has 2 N–H and O–H groups in total. The second-order valence-corrected chi connectivity index (χ2v) is 19.4. The highest BCUT2D eigenvalue weighted by Crippen LogP contribution is 2.39. The summed E-state index contributed by atoms with van der Waals surface area (Å²) in [5.41, 5.74) is 1.70. The Morgan fingerprint density at radius 2 is 1.06 bits per heavy atom. The molecule has 6 fully saturated rings. The number of ether oxygens (including phenoxy) is 4. The zero-order chi connectivity index (χ0) is 37.8. The summed E-state index contributed by atoms with van der Waals surface area (Å²) >= 11 is 3.45. The lowest BCUT2D eigenvalue weighted by molar-refractivity contribution is -0.0396. The van der Waals surface area contributed by atoms with Crippen LogP contribution in [0.4, 0.5) is 9.59 Å². The van der Waals surface area contributed by atoms with E-state index in [1.165, 1.54) is 36.8 Å². The van der Waals surface area contributed by atoms with E-state index in [9.17, 15) is 14.7 Å². The number of thiophene rings is 2. The van der Waals surface area contributed by atoms with Crippen LogP contribution in [0.25, 0.3) is 0 Å². The number of hydrogen-bond donors (Lipinski definition) is 2. The monoisotopic (exact) mass is 809 g/mol. The Kier molecular flexibility index (Phi) is 15.2. The Labute approximate surface area is 337 Å². The number of fused-ring (bicyclic) bond motifs is 6. The Bertz CT molecular complexity index is 1410. The number of piperidine rings is 3. The van der Waals surface area contributed by atoms with Crippen LogP contribution in [0.2, 0.25) is 0 Å². The Morgan fingerprint density at radius 1 is 0.667 bits per heavy atom. The van der Waals surface area contributed by atoms with Gasteiger partial charge in [-0.15, -0.1) is 12.4 Å². The van der Waals surface area contributed by atoms with Gasteiger partial charge in [0.1, 0.15) is 11.2 Å². The molecule has 2 amide bonds. The van der Waals surface area contributed by atoms with Gasteiger partial charge in [0.15, 0.2) is 0 Å². The van der Waals surface area contributed by atoms with E-state index in [4.69, 9.17) is 18.9 Å². The van der Waals surface area contributed by atoms with Crippen molar-refractivity contribution in [1.82, 2.24) is 15.1 Å². The predicted molar refractivity (Wildman–Crippen MR) is 216 cm³/mol. The van der Waals surface area contributed by atoms with E-state index >= 15 is 0 Å². The van der Waals surface area contributed by atoms with Crippen molar-refractivity contribution >= 4 is 47.3 Å². The largest absolute Gasteiger partial charge is 0.444 e. The molecule has 8 rings (SSSR count). The number of nitrogens with zero attached hydrogens (tertiary/aromatic N) is 2. The van der Waals surface area contributed by atoms with Crippen molar-refractivity contribution in [2.45, 2.75) is 198 Å². The van der Waals surface area contributed by atoms with Gasteiger partial charge in [-0.1, -0.05) is 0 Å². The molecule has 0 aliphatic carbocycles. The zero-order valence-corrected chi connectivity index (χ0v) is 35.5. The van der Waals surface area contributed by atoms with E-state index in [1.54, 1.807) is 22.7 Å². The lowest BCUT2D eigenvalue weighted by atomic mass is 10.00. The highest BCUT2D eigenvalue weighted by molar-refractivity contribution is 7.08. The number of aliphatic hydroxyl groups excluding tert-OH is 1. The molecule has 0 radical (unpaired) electrons. The van der Waals surface area contributed by atoms with Crippen molar-refractivity contribution in [3.05, 3.63) is 44.8 Å². The molecule has 0 spiro atoms. The van der Waals surface area contributed by atoms with Gasteiger partial charge in [-0.2, -0.15) is 22.7 Å². The van der Waals surface area contributed by atoms with Crippen LogP contribution in [-0.4, -0.2) is 92.9 Å². The third-order valence-electron chi connectivity index (χ3n) is 11.2. The maximum atomic E-state index is 12.4. The van der Waals surface area contributed by atoms with Crippen molar-refractivity contribution in [3.63, 3.8) is 0 Å². The summed E-state index contributed by atoms with van der Waals surface area (Å²) in [6.45, 7) is 12.9. The van der Waals surface area contributed by atoms with Crippen molar-refractivity contribution in [3.8, 4) is 0 Å². The van der Waals surface area contributed by atoms with Crippen LogP contribution in [0.5, 0.6) is 0 Å². The van der Waals surface area contributed by atoms with Crippen LogP contribution in [0, 0.1) is 0 Å². The van der Waals surface area contributed by atoms with Gasteiger partial charge in [0.2, 0.25) is 0 Å². The normalized spacial score (nSPS) is 31.1. The first-order valence-electron chi connectivity index (χ1n) is 19.9. The minimum absolute atomic E-state index is 0. The number of carbonyl (C=O) groups excluding carboxylic acids is 2. The second-order valence-electron chi connectivity index (χ2n) is 17.9. The predicted octanol–water partition coefficient (Wildman–Crippen LogP) is 9.07. The van der Waals surface area contributed by atoms with Crippen molar-refractivity contribution < 1.29 is 33.6 Å². The average Bonchev–Trinajstić information content (AvgIpc) is 3.91. The van der Waals surface area contributed by atoms with Crippen molar-refractivity contribution in [1.29, 1.82) is 0 Å². The van der Waals surface area contributed by atoms with E-state index in [0.717, 1.165) is 57.2 Å². The molecule has 13 heteroatoms. The summed E-state index contributed by atoms with van der Waals surface area (Å²) < 4.78 is 23.0. The number of nitrogens with one attached hydrogen (secondary N) is 1. The van der Waals surface area contributed by atoms with Gasteiger partial charge < -0.3 is 39.2 Å². The number of amides is 2. The third-order valence-corrected chi connectivity index (χ3v) is 12.6. The van der Waals surface area contributed by atoms with E-state index < -0.39 is 11.2 Å². The number of aliphatic hydroxyl groups is 1. The van der Waals surface area contributed by atoms with Crippen LogP contribution in [0.1, 0.15) is 130 Å². The molecule has 0 aromatic carbocycles. The molecule has 10 nitrogen and oxygen atoms in total. The van der Waals surface area contributed by atoms with Crippen LogP contribution in [0.3, 0.4) is 0 Å². The Morgan fingerprint density at radius 3 is 1.43 bits per heavy atom. The van der Waals surface area contributed by atoms with Crippen LogP contribution >= 0.6 is 35.1 Å². The van der Waals surface area contributed by atoms with Crippen molar-refractivity contribution in [2.75, 3.05) is 0 Å². The van der Waals surface area contributed by atoms with Crippen LogP contribution < -0.4 is 5.32 Å². The highest BCUT2D eigenvalue weighted by Gasteiger charge is 2.46. The number of halogens is 1. The smallest absolute Gasteiger partial charge is 0.410 e. The molecular formula is C41H64ClN3O7S2. The van der Waals surface area contributed by atoms with E-state index in [1.807, 2.05) is 51.3 Å². The van der Waals surface area contributed by atoms with E-state index in [0.29, 0.717) is 25.6 Å². The second kappa shape index (κ2) is 19.0. The van der Waals surface area contributed by atoms with E-state index in [-0.39, 0.29) is 61.0 Å². The molecule has 6 aliphatic rings. The lowest BCUT2D eigenvalue weighted by Crippen LogP contribution is -2.50. The highest BCUT2D eigenvalue weighted by atomic mass is 35.5. The summed E-state index contributed by atoms with van der Waals surface area (Å²) in [5.74, 6) is 0. The molecule has 304 valence electrons. The Balaban J connectivity index is 0.000000158. The van der Waals surface area contributed by atoms with E-state index in [2.05, 4.69) is 39.0 Å². The van der Waals surface area contributed by atoms with Crippen LogP contribution in [0.15, 0.2) is 33.7 Å². The topological polar surface area (TPSA) is 110 Å². The van der Waals surface area contributed by atoms with Gasteiger partial charge in [-0.05, 0) is 163 Å². The minimum Gasteiger partial charge on any atom is -0.444 e. The fraction of sp³-hybridized carbons (Fsp3) is 0.756. The molecule has 54 heavy (non-hydrogen) atoms. The van der Waals surface area contributed by atoms with Gasteiger partial charge in [0, 0.05) is 36.3 Å². The molecule has 6 aliphatic heterocycles. The standard InChI is InChI=1S/C17H25NO3S.C12H21NO3.C12H17NOS.ClH/c1-17(2,3)21-16(19)18-13-4-5-14(18)9-15(8-13)20-10-12-6-7-22-11-12;1-12(2,3)16-11(15)13-8-4-5-9(13)7-10(14)6-8;1-2-11-6-12(5-10(1)13-11)14-7-9-3-4-15-8-9;/h6-7,11,13-15H,4-5,8-10H2,1-3H3;8-10,14H,4-7H2,1-3H3;3-4,8,10-13H,1-2,5-7H2;1H. The fourth-order valence-electron chi connectivity index (χ4n) is 8.96. The summed E-state index contributed by atoms with van der Waals surface area (Å²) in [5, 5.41) is 21.8. The average molecular weight is 811 g/mol. The summed E-state index contributed by atoms with van der Waals surface area (Å²) in [4.78, 5) is 28.2. The first-order chi connectivity index (χ1) is 25.2. The van der Waals surface area contributed by atoms with Crippen molar-refractivity contribution in [2.24, 2.45) is 0 Å². The Hall–Kier alpha value is -1.93. The van der Waals surface area contributed by atoms with Crippen LogP contribution in [-0.2, 0) is 32.2 Å². The fourth-order valence-corrected chi connectivity index (χ4v) is 10.3. The van der Waals surface area contributed by atoms with Gasteiger partial charge >= 0.3 is 12.2 Å². The molecule has 2 aromatic heterocycles. The summed E-state index contributed by atoms with van der Waals surface area (Å²) in [6.07, 6.45) is 12.7. The number of rotatable bonds is 6. The lowest BCUT2D eigenvalue weighted by Gasteiger charge is -2.39. The molecule has 6 bridgehead atoms. The molecule has 8 heterocycles. The molecule has 2 aromatic rings. The molecule has 6 unspecified atom stereocenters. The maximum Gasteiger partial charge on any atom is 0.410 e. The first-order valence-corrected chi connectivity index (χ1v) is 21.8. The molecular weight excluding hydrogens is 746 g/mol. The molecule has 0 saturated carbocycles. The number of hydrogen-bond acceptors (Lipinski definition) is 10. The molecule has 6 atom stereocenters. The van der Waals surface area contributed by atoms with Gasteiger partial charge in [0.25, 0.3) is 0 Å². The van der Waals surface area contributed by atoms with Gasteiger partial charge in [0.05, 0.1) is 31.5 Å². The zero-order valence-electron chi connectivity index (χ0n) is 33.1. The van der Waals surface area contributed by atoms with Gasteiger partial charge in [-0.25, -0.2) is 9.59 Å². The molecule has 6 saturated heterocycles. The quantitative estimate of drug-likeness (QED) is 0.298. The SMILES string of the molecule is CC(C)(C)OC(=O)N1C2CCC1CC(O)C2.CC(C)(C)OC(=O)N1C2CCC1CC(OCc1ccsc1)C2.Cl.c1cc(COC2CC3CCC(C2)N3)cs1. The minimum atomic E-state index is -0.438. The summed E-state index contributed by atoms with van der Waals surface area (Å²) in [6, 6.07) is 6.65. The van der Waals surface area contributed by atoms with Gasteiger partial charge in [-0.3, -0.25) is 0 Å². The summed E-state index contributed by atoms with van der Waals surface area (Å²) in [7, 11) is 0. The third kappa shape index (κ3) is 12.3.